The van der Waals surface area contributed by atoms with Crippen molar-refractivity contribution >= 4 is 22.4 Å². The molecule has 0 aliphatic rings. The summed E-state index contributed by atoms with van der Waals surface area (Å²) in [6, 6.07) is 1.76. The third-order valence-electron chi connectivity index (χ3n) is 1.89. The van der Waals surface area contributed by atoms with E-state index in [-0.39, 0.29) is 0 Å². The number of carbonyl (C=O) groups excluding carboxylic acids is 1. The lowest BCUT2D eigenvalue weighted by Gasteiger charge is -1.98. The molecule has 0 bridgehead atoms. The van der Waals surface area contributed by atoms with Crippen molar-refractivity contribution in [3.63, 3.8) is 0 Å². The van der Waals surface area contributed by atoms with E-state index in [4.69, 9.17) is 9.26 Å². The van der Waals surface area contributed by atoms with E-state index in [2.05, 4.69) is 15.5 Å². The molecular formula is C10H11N3O3S. The second-order valence-electron chi connectivity index (χ2n) is 3.09. The highest BCUT2D eigenvalue weighted by Crippen LogP contribution is 2.16. The van der Waals surface area contributed by atoms with Gasteiger partial charge in [0.2, 0.25) is 0 Å². The van der Waals surface area contributed by atoms with Crippen LogP contribution in [0.4, 0.5) is 5.13 Å². The minimum absolute atomic E-state index is 0.317. The molecule has 90 valence electrons. The molecule has 2 aromatic rings. The predicted octanol–water partition coefficient (Wildman–Crippen LogP) is 1.92. The van der Waals surface area contributed by atoms with Crippen LogP contribution in [0.2, 0.25) is 0 Å². The van der Waals surface area contributed by atoms with Crippen molar-refractivity contribution in [2.45, 2.75) is 13.5 Å². The van der Waals surface area contributed by atoms with Crippen molar-refractivity contribution in [1.82, 2.24) is 10.1 Å². The summed E-state index contributed by atoms with van der Waals surface area (Å²) in [7, 11) is 0. The minimum Gasteiger partial charge on any atom is -0.461 e. The van der Waals surface area contributed by atoms with Gasteiger partial charge in [0.05, 0.1) is 19.3 Å². The van der Waals surface area contributed by atoms with E-state index in [1.165, 1.54) is 11.3 Å². The molecule has 2 aromatic heterocycles. The number of thiazole rings is 1. The van der Waals surface area contributed by atoms with E-state index in [9.17, 15) is 4.79 Å². The SMILES string of the molecule is CCOC(=O)c1csc(NCc2ccno2)n1. The fourth-order valence-electron chi connectivity index (χ4n) is 1.15. The third-order valence-corrected chi connectivity index (χ3v) is 2.69. The molecule has 2 rings (SSSR count). The number of anilines is 1. The van der Waals surface area contributed by atoms with Crippen molar-refractivity contribution in [1.29, 1.82) is 0 Å². The van der Waals surface area contributed by atoms with Gasteiger partial charge in [0, 0.05) is 11.4 Å². The molecule has 0 radical (unpaired) electrons. The van der Waals surface area contributed by atoms with E-state index < -0.39 is 5.97 Å². The number of nitrogens with zero attached hydrogens (tertiary/aromatic N) is 2. The van der Waals surface area contributed by atoms with Crippen molar-refractivity contribution in [3.8, 4) is 0 Å². The van der Waals surface area contributed by atoms with Crippen molar-refractivity contribution < 1.29 is 14.1 Å². The molecule has 0 fully saturated rings. The van der Waals surface area contributed by atoms with Crippen LogP contribution in [0.3, 0.4) is 0 Å². The zero-order valence-corrected chi connectivity index (χ0v) is 9.99. The molecule has 0 aliphatic carbocycles. The summed E-state index contributed by atoms with van der Waals surface area (Å²) >= 11 is 1.34. The number of aromatic nitrogens is 2. The van der Waals surface area contributed by atoms with Crippen LogP contribution in [0.25, 0.3) is 0 Å². The van der Waals surface area contributed by atoms with Crippen LogP contribution in [0.1, 0.15) is 23.2 Å². The van der Waals surface area contributed by atoms with Crippen LogP contribution >= 0.6 is 11.3 Å². The van der Waals surface area contributed by atoms with Gasteiger partial charge in [-0.2, -0.15) is 0 Å². The molecule has 6 nitrogen and oxygen atoms in total. The monoisotopic (exact) mass is 253 g/mol. The summed E-state index contributed by atoms with van der Waals surface area (Å²) in [6.45, 7) is 2.58. The zero-order valence-electron chi connectivity index (χ0n) is 9.17. The van der Waals surface area contributed by atoms with Gasteiger partial charge in [-0.15, -0.1) is 11.3 Å². The highest BCUT2D eigenvalue weighted by Gasteiger charge is 2.11. The largest absolute Gasteiger partial charge is 0.461 e. The first kappa shape index (κ1) is 11.6. The van der Waals surface area contributed by atoms with Crippen LogP contribution in [0.15, 0.2) is 22.2 Å². The summed E-state index contributed by atoms with van der Waals surface area (Å²) in [5.41, 5.74) is 0.317. The van der Waals surface area contributed by atoms with E-state index >= 15 is 0 Å². The summed E-state index contributed by atoms with van der Waals surface area (Å²) in [6.07, 6.45) is 1.57. The molecule has 0 atom stereocenters. The Morgan fingerprint density at radius 2 is 2.53 bits per heavy atom. The van der Waals surface area contributed by atoms with E-state index in [0.717, 1.165) is 0 Å². The highest BCUT2D eigenvalue weighted by atomic mass is 32.1. The van der Waals surface area contributed by atoms with Gasteiger partial charge in [-0.25, -0.2) is 9.78 Å². The normalized spacial score (nSPS) is 10.2. The summed E-state index contributed by atoms with van der Waals surface area (Å²) in [4.78, 5) is 15.5. The van der Waals surface area contributed by atoms with Crippen LogP contribution in [0.5, 0.6) is 0 Å². The maximum absolute atomic E-state index is 11.4. The number of hydrogen-bond acceptors (Lipinski definition) is 7. The topological polar surface area (TPSA) is 77.2 Å². The molecular weight excluding hydrogens is 242 g/mol. The Morgan fingerprint density at radius 3 is 3.24 bits per heavy atom. The summed E-state index contributed by atoms with van der Waals surface area (Å²) < 4.78 is 9.76. The standard InChI is InChI=1S/C10H11N3O3S/c1-2-15-9(14)8-6-17-10(13-8)11-5-7-3-4-12-16-7/h3-4,6H,2,5H2,1H3,(H,11,13). The lowest BCUT2D eigenvalue weighted by Crippen LogP contribution is -2.05. The average Bonchev–Trinajstić information content (AvgIpc) is 2.98. The van der Waals surface area contributed by atoms with Crippen LogP contribution in [0, 0.1) is 0 Å². The second kappa shape index (κ2) is 5.44. The minimum atomic E-state index is -0.406. The van der Waals surface area contributed by atoms with Crippen LogP contribution < -0.4 is 5.32 Å². The zero-order chi connectivity index (χ0) is 12.1. The highest BCUT2D eigenvalue weighted by molar-refractivity contribution is 7.13. The van der Waals surface area contributed by atoms with E-state index in [1.807, 2.05) is 0 Å². The van der Waals surface area contributed by atoms with E-state index in [0.29, 0.717) is 29.7 Å². The smallest absolute Gasteiger partial charge is 0.357 e. The summed E-state index contributed by atoms with van der Waals surface area (Å²) in [5, 5.41) is 8.91. The maximum atomic E-state index is 11.4. The van der Waals surface area contributed by atoms with Gasteiger partial charge in [0.25, 0.3) is 0 Å². The lowest BCUT2D eigenvalue weighted by molar-refractivity contribution is 0.0520. The Morgan fingerprint density at radius 1 is 1.65 bits per heavy atom. The number of hydrogen-bond donors (Lipinski definition) is 1. The van der Waals surface area contributed by atoms with Crippen LogP contribution in [-0.4, -0.2) is 22.7 Å². The van der Waals surface area contributed by atoms with Crippen molar-refractivity contribution in [3.05, 3.63) is 29.1 Å². The van der Waals surface area contributed by atoms with Crippen molar-refractivity contribution in [2.75, 3.05) is 11.9 Å². The molecule has 17 heavy (non-hydrogen) atoms. The maximum Gasteiger partial charge on any atom is 0.357 e. The van der Waals surface area contributed by atoms with Crippen molar-refractivity contribution in [2.24, 2.45) is 0 Å². The number of esters is 1. The molecule has 7 heteroatoms. The molecule has 0 aliphatic heterocycles. The van der Waals surface area contributed by atoms with Gasteiger partial charge in [0.15, 0.2) is 16.6 Å². The molecule has 2 heterocycles. The molecule has 0 aromatic carbocycles. The first-order chi connectivity index (χ1) is 8.29. The molecule has 0 saturated carbocycles. The molecule has 0 amide bonds. The lowest BCUT2D eigenvalue weighted by atomic mass is 10.5. The van der Waals surface area contributed by atoms with Gasteiger partial charge in [-0.05, 0) is 6.92 Å². The third kappa shape index (κ3) is 3.04. The van der Waals surface area contributed by atoms with E-state index in [1.54, 1.807) is 24.6 Å². The average molecular weight is 253 g/mol. The number of ether oxygens (including phenoxy) is 1. The quantitative estimate of drug-likeness (QED) is 0.820. The first-order valence-electron chi connectivity index (χ1n) is 5.05. The summed E-state index contributed by atoms with van der Waals surface area (Å²) in [5.74, 6) is 0.300. The fourth-order valence-corrected chi connectivity index (χ4v) is 1.83. The Kier molecular flexibility index (Phi) is 3.71. The Balaban J connectivity index is 1.92. The van der Waals surface area contributed by atoms with Gasteiger partial charge >= 0.3 is 5.97 Å². The fraction of sp³-hybridized carbons (Fsp3) is 0.300. The van der Waals surface area contributed by atoms with Gasteiger partial charge in [-0.3, -0.25) is 0 Å². The molecule has 1 N–H and O–H groups in total. The Hall–Kier alpha value is -1.89. The van der Waals surface area contributed by atoms with Gasteiger partial charge < -0.3 is 14.6 Å². The first-order valence-corrected chi connectivity index (χ1v) is 5.93. The Labute approximate surface area is 102 Å². The second-order valence-corrected chi connectivity index (χ2v) is 3.95. The van der Waals surface area contributed by atoms with Gasteiger partial charge in [0.1, 0.15) is 0 Å². The number of rotatable bonds is 5. The number of nitrogens with one attached hydrogen (secondary N) is 1. The molecule has 0 saturated heterocycles. The van der Waals surface area contributed by atoms with Gasteiger partial charge in [-0.1, -0.05) is 5.16 Å². The molecule has 0 spiro atoms. The van der Waals surface area contributed by atoms with Crippen LogP contribution in [-0.2, 0) is 11.3 Å². The molecule has 0 unspecified atom stereocenters. The Bertz CT molecular complexity index is 481. The predicted molar refractivity (Wildman–Crippen MR) is 61.9 cm³/mol. The number of carbonyl (C=O) groups is 1.